The zero-order valence-electron chi connectivity index (χ0n) is 7.19. The first-order chi connectivity index (χ1) is 6.29. The maximum Gasteiger partial charge on any atom is 0.260 e. The molecule has 1 aliphatic rings. The highest BCUT2D eigenvalue weighted by Gasteiger charge is 1.94. The SMILES string of the molecule is Cn1cnc2c(c1=O)=CC=C=CC=2. The highest BCUT2D eigenvalue weighted by Crippen LogP contribution is 1.74. The molecule has 0 saturated heterocycles. The van der Waals surface area contributed by atoms with Crippen LogP contribution in [-0.4, -0.2) is 9.55 Å². The highest BCUT2D eigenvalue weighted by molar-refractivity contribution is 5.45. The molecule has 0 radical (unpaired) electrons. The average molecular weight is 172 g/mol. The van der Waals surface area contributed by atoms with Gasteiger partial charge in [0.25, 0.3) is 5.56 Å². The molecule has 13 heavy (non-hydrogen) atoms. The van der Waals surface area contributed by atoms with Crippen LogP contribution in [0.25, 0.3) is 12.2 Å². The second-order valence-electron chi connectivity index (χ2n) is 2.79. The molecule has 0 atom stereocenters. The molecule has 1 aromatic heterocycles. The number of rotatable bonds is 0. The van der Waals surface area contributed by atoms with Crippen LogP contribution >= 0.6 is 0 Å². The summed E-state index contributed by atoms with van der Waals surface area (Å²) >= 11 is 0. The smallest absolute Gasteiger partial charge is 0.260 e. The molecule has 1 heterocycles. The minimum Gasteiger partial charge on any atom is -0.302 e. The molecule has 0 aromatic carbocycles. The predicted octanol–water partition coefficient (Wildman–Crippen LogP) is -0.934. The molecule has 0 spiro atoms. The standard InChI is InChI=1S/C10H8N2O/c1-12-7-11-9-6-4-2-3-5-8(9)10(12)13/h3-7H,1H3. The van der Waals surface area contributed by atoms with Crippen molar-refractivity contribution in [3.8, 4) is 0 Å². The Morgan fingerprint density at radius 1 is 1.38 bits per heavy atom. The fourth-order valence-corrected chi connectivity index (χ4v) is 1.17. The molecule has 2 rings (SSSR count). The van der Waals surface area contributed by atoms with Gasteiger partial charge >= 0.3 is 0 Å². The molecule has 64 valence electrons. The average Bonchev–Trinajstić information content (AvgIpc) is 2.36. The van der Waals surface area contributed by atoms with Crippen molar-refractivity contribution in [3.05, 3.63) is 45.1 Å². The van der Waals surface area contributed by atoms with Crippen LogP contribution in [0.3, 0.4) is 0 Å². The summed E-state index contributed by atoms with van der Waals surface area (Å²) < 4.78 is 1.46. The third kappa shape index (κ3) is 1.25. The Kier molecular flexibility index (Phi) is 1.72. The van der Waals surface area contributed by atoms with Gasteiger partial charge in [-0.25, -0.2) is 4.98 Å². The summed E-state index contributed by atoms with van der Waals surface area (Å²) in [6, 6.07) is 0. The van der Waals surface area contributed by atoms with Crippen LogP contribution in [0.15, 0.2) is 29.0 Å². The van der Waals surface area contributed by atoms with E-state index < -0.39 is 0 Å². The summed E-state index contributed by atoms with van der Waals surface area (Å²) in [5, 5.41) is 1.32. The number of nitrogens with zero attached hydrogens (tertiary/aromatic N) is 2. The summed E-state index contributed by atoms with van der Waals surface area (Å²) in [6.07, 6.45) is 8.48. The van der Waals surface area contributed by atoms with Crippen molar-refractivity contribution in [3.63, 3.8) is 0 Å². The number of aryl methyl sites for hydroxylation is 1. The fourth-order valence-electron chi connectivity index (χ4n) is 1.17. The van der Waals surface area contributed by atoms with Crippen molar-refractivity contribution in [2.75, 3.05) is 0 Å². The van der Waals surface area contributed by atoms with Crippen LogP contribution in [0.5, 0.6) is 0 Å². The first kappa shape index (κ1) is 7.77. The van der Waals surface area contributed by atoms with Gasteiger partial charge in [-0.3, -0.25) is 4.79 Å². The van der Waals surface area contributed by atoms with Crippen LogP contribution in [0.2, 0.25) is 0 Å². The van der Waals surface area contributed by atoms with Crippen molar-refractivity contribution in [1.82, 2.24) is 9.55 Å². The molecule has 0 fully saturated rings. The van der Waals surface area contributed by atoms with Crippen molar-refractivity contribution in [2.24, 2.45) is 7.05 Å². The van der Waals surface area contributed by atoms with Crippen molar-refractivity contribution >= 4 is 12.2 Å². The number of allylic oxidation sites excluding steroid dienone is 1. The van der Waals surface area contributed by atoms with Gasteiger partial charge in [0.15, 0.2) is 0 Å². The van der Waals surface area contributed by atoms with Gasteiger partial charge in [-0.05, 0) is 24.3 Å². The monoisotopic (exact) mass is 172 g/mol. The Bertz CT molecular complexity index is 572. The molecule has 0 aliphatic heterocycles. The number of hydrogen-bond acceptors (Lipinski definition) is 2. The van der Waals surface area contributed by atoms with Crippen molar-refractivity contribution in [2.45, 2.75) is 0 Å². The molecule has 0 unspecified atom stereocenters. The van der Waals surface area contributed by atoms with Gasteiger partial charge in [0.1, 0.15) is 0 Å². The molecule has 1 aliphatic carbocycles. The van der Waals surface area contributed by atoms with E-state index in [1.165, 1.54) is 10.9 Å². The molecule has 0 saturated carbocycles. The van der Waals surface area contributed by atoms with E-state index in [9.17, 15) is 4.79 Å². The normalized spacial score (nSPS) is 12.7. The van der Waals surface area contributed by atoms with E-state index in [0.29, 0.717) is 10.6 Å². The van der Waals surface area contributed by atoms with Gasteiger partial charge in [0.05, 0.1) is 16.9 Å². The zero-order chi connectivity index (χ0) is 9.26. The maximum atomic E-state index is 11.6. The lowest BCUT2D eigenvalue weighted by Gasteiger charge is -1.94. The topological polar surface area (TPSA) is 34.9 Å². The van der Waals surface area contributed by atoms with Gasteiger partial charge in [-0.15, -0.1) is 5.73 Å². The van der Waals surface area contributed by atoms with Crippen LogP contribution in [0.1, 0.15) is 0 Å². The quantitative estimate of drug-likeness (QED) is 0.474. The summed E-state index contributed by atoms with van der Waals surface area (Å²) in [5.74, 6) is 0. The largest absolute Gasteiger partial charge is 0.302 e. The third-order valence-corrected chi connectivity index (χ3v) is 1.88. The highest BCUT2D eigenvalue weighted by atomic mass is 16.1. The van der Waals surface area contributed by atoms with Crippen molar-refractivity contribution < 1.29 is 0 Å². The Morgan fingerprint density at radius 3 is 3.00 bits per heavy atom. The molecule has 1 aromatic rings. The lowest BCUT2D eigenvalue weighted by atomic mass is 10.3. The number of fused-ring (bicyclic) bond motifs is 1. The Balaban J connectivity index is 3.04. The van der Waals surface area contributed by atoms with Crippen LogP contribution in [0.4, 0.5) is 0 Å². The van der Waals surface area contributed by atoms with E-state index in [0.717, 1.165) is 0 Å². The van der Waals surface area contributed by atoms with Gasteiger partial charge in [-0.2, -0.15) is 0 Å². The maximum absolute atomic E-state index is 11.6. The molecule has 0 bridgehead atoms. The zero-order valence-corrected chi connectivity index (χ0v) is 7.19. The Labute approximate surface area is 74.7 Å². The second-order valence-corrected chi connectivity index (χ2v) is 2.79. The minimum absolute atomic E-state index is 0.0328. The van der Waals surface area contributed by atoms with Gasteiger partial charge in [-0.1, -0.05) is 0 Å². The van der Waals surface area contributed by atoms with E-state index in [1.807, 2.05) is 0 Å². The van der Waals surface area contributed by atoms with Gasteiger partial charge < -0.3 is 4.57 Å². The van der Waals surface area contributed by atoms with Gasteiger partial charge in [0, 0.05) is 7.05 Å². The van der Waals surface area contributed by atoms with E-state index in [1.54, 1.807) is 31.4 Å². The summed E-state index contributed by atoms with van der Waals surface area (Å²) in [7, 11) is 1.69. The number of aromatic nitrogens is 2. The first-order valence-corrected chi connectivity index (χ1v) is 3.94. The summed E-state index contributed by atoms with van der Waals surface area (Å²) in [5.41, 5.74) is 2.86. The second kappa shape index (κ2) is 2.88. The van der Waals surface area contributed by atoms with E-state index >= 15 is 0 Å². The number of hydrogen-bond donors (Lipinski definition) is 0. The summed E-state index contributed by atoms with van der Waals surface area (Å²) in [4.78, 5) is 15.7. The molecule has 3 nitrogen and oxygen atoms in total. The van der Waals surface area contributed by atoms with Crippen molar-refractivity contribution in [1.29, 1.82) is 0 Å². The van der Waals surface area contributed by atoms with Crippen LogP contribution in [0, 0.1) is 0 Å². The van der Waals surface area contributed by atoms with E-state index in [4.69, 9.17) is 0 Å². The molecule has 3 heteroatoms. The van der Waals surface area contributed by atoms with E-state index in [2.05, 4.69) is 10.7 Å². The Morgan fingerprint density at radius 2 is 2.15 bits per heavy atom. The lowest BCUT2D eigenvalue weighted by molar-refractivity contribution is 0.804. The molecular formula is C10H8N2O. The Hall–Kier alpha value is -1.86. The molecule has 0 amide bonds. The van der Waals surface area contributed by atoms with Crippen LogP contribution < -0.4 is 16.1 Å². The predicted molar refractivity (Wildman–Crippen MR) is 50.3 cm³/mol. The molecule has 0 N–H and O–H groups in total. The summed E-state index contributed by atoms with van der Waals surface area (Å²) in [6.45, 7) is 0. The third-order valence-electron chi connectivity index (χ3n) is 1.88. The lowest BCUT2D eigenvalue weighted by Crippen LogP contribution is -2.45. The fraction of sp³-hybridized carbons (Fsp3) is 0.100. The van der Waals surface area contributed by atoms with Crippen LogP contribution in [-0.2, 0) is 7.05 Å². The first-order valence-electron chi connectivity index (χ1n) is 3.94. The van der Waals surface area contributed by atoms with Gasteiger partial charge in [0.2, 0.25) is 0 Å². The molecular weight excluding hydrogens is 164 g/mol. The minimum atomic E-state index is -0.0328. The van der Waals surface area contributed by atoms with E-state index in [-0.39, 0.29) is 5.56 Å².